The number of nitrogens with zero attached hydrogens (tertiary/aromatic N) is 1. The normalized spacial score (nSPS) is 11.8. The molecule has 0 aromatic heterocycles. The van der Waals surface area contributed by atoms with Crippen LogP contribution in [0.2, 0.25) is 0 Å². The van der Waals surface area contributed by atoms with Gasteiger partial charge in [-0.2, -0.15) is 0 Å². The largest absolute Gasteiger partial charge is 0.511 e. The van der Waals surface area contributed by atoms with Gasteiger partial charge >= 0.3 is 0 Å². The summed E-state index contributed by atoms with van der Waals surface area (Å²) < 4.78 is 10.5. The van der Waals surface area contributed by atoms with Crippen LogP contribution in [0.5, 0.6) is 11.5 Å². The quantitative estimate of drug-likeness (QED) is 0.403. The Balaban J connectivity index is 2.33. The number of anilines is 1. The minimum absolute atomic E-state index is 0.0245. The minimum Gasteiger partial charge on any atom is -0.511 e. The fourth-order valence-corrected chi connectivity index (χ4v) is 2.44. The van der Waals surface area contributed by atoms with Crippen LogP contribution in [-0.2, 0) is 4.79 Å². The van der Waals surface area contributed by atoms with Crippen LogP contribution in [0.1, 0.15) is 19.8 Å². The molecule has 0 unspecified atom stereocenters. The summed E-state index contributed by atoms with van der Waals surface area (Å²) in [5, 5.41) is 13.1. The van der Waals surface area contributed by atoms with Crippen LogP contribution in [0.15, 0.2) is 64.9 Å². The standard InChI is InChI=1S/C21H24N2O4/c1-4-9-18(24)15(14-22-16-10-5-7-12-19(16)26-2)21(25)23-17-11-6-8-13-20(17)27-3/h5-8,10-14,24H,4,9H2,1-3H3,(H,23,25). The first-order valence-electron chi connectivity index (χ1n) is 8.64. The van der Waals surface area contributed by atoms with Crippen molar-refractivity contribution in [3.8, 4) is 11.5 Å². The van der Waals surface area contributed by atoms with E-state index in [1.54, 1.807) is 37.4 Å². The van der Waals surface area contributed by atoms with Gasteiger partial charge in [-0.3, -0.25) is 9.79 Å². The van der Waals surface area contributed by atoms with Gasteiger partial charge in [0.05, 0.1) is 25.5 Å². The molecule has 1 amide bonds. The highest BCUT2D eigenvalue weighted by Crippen LogP contribution is 2.27. The molecule has 142 valence electrons. The highest BCUT2D eigenvalue weighted by molar-refractivity contribution is 6.18. The van der Waals surface area contributed by atoms with Gasteiger partial charge in [0.25, 0.3) is 5.91 Å². The number of amides is 1. The maximum Gasteiger partial charge on any atom is 0.260 e. The molecule has 2 aromatic carbocycles. The summed E-state index contributed by atoms with van der Waals surface area (Å²) >= 11 is 0. The van der Waals surface area contributed by atoms with Gasteiger partial charge < -0.3 is 19.9 Å². The fraction of sp³-hybridized carbons (Fsp3) is 0.238. The molecule has 0 aliphatic heterocycles. The van der Waals surface area contributed by atoms with Gasteiger partial charge in [0.2, 0.25) is 0 Å². The number of allylic oxidation sites excluding steroid dienone is 1. The van der Waals surface area contributed by atoms with Crippen molar-refractivity contribution in [2.75, 3.05) is 19.5 Å². The van der Waals surface area contributed by atoms with Gasteiger partial charge in [-0.05, 0) is 30.7 Å². The molecule has 0 bridgehead atoms. The van der Waals surface area contributed by atoms with Crippen LogP contribution in [0.25, 0.3) is 0 Å². The lowest BCUT2D eigenvalue weighted by Crippen LogP contribution is -2.18. The second-order valence-corrected chi connectivity index (χ2v) is 5.69. The van der Waals surface area contributed by atoms with Gasteiger partial charge in [-0.25, -0.2) is 0 Å². The molecule has 0 saturated carbocycles. The average molecular weight is 368 g/mol. The van der Waals surface area contributed by atoms with Crippen LogP contribution >= 0.6 is 0 Å². The number of ether oxygens (including phenoxy) is 2. The summed E-state index contributed by atoms with van der Waals surface area (Å²) in [5.74, 6) is 0.614. The van der Waals surface area contributed by atoms with E-state index < -0.39 is 5.91 Å². The van der Waals surface area contributed by atoms with Crippen molar-refractivity contribution < 1.29 is 19.4 Å². The molecule has 2 aromatic rings. The van der Waals surface area contributed by atoms with Gasteiger partial charge in [0.1, 0.15) is 22.9 Å². The highest BCUT2D eigenvalue weighted by atomic mass is 16.5. The van der Waals surface area contributed by atoms with Crippen LogP contribution < -0.4 is 14.8 Å². The van der Waals surface area contributed by atoms with E-state index in [-0.39, 0.29) is 11.3 Å². The molecule has 0 fully saturated rings. The van der Waals surface area contributed by atoms with Crippen molar-refractivity contribution in [1.82, 2.24) is 0 Å². The van der Waals surface area contributed by atoms with E-state index in [4.69, 9.17) is 9.47 Å². The Morgan fingerprint density at radius 2 is 1.70 bits per heavy atom. The molecular weight excluding hydrogens is 344 g/mol. The van der Waals surface area contributed by atoms with Gasteiger partial charge in [0.15, 0.2) is 0 Å². The number of hydrogen-bond donors (Lipinski definition) is 2. The first-order valence-corrected chi connectivity index (χ1v) is 8.64. The summed E-state index contributed by atoms with van der Waals surface area (Å²) in [5.41, 5.74) is 1.16. The fourth-order valence-electron chi connectivity index (χ4n) is 2.44. The second kappa shape index (κ2) is 10.0. The summed E-state index contributed by atoms with van der Waals surface area (Å²) in [6, 6.07) is 14.3. The molecule has 0 atom stereocenters. The lowest BCUT2D eigenvalue weighted by atomic mass is 10.1. The topological polar surface area (TPSA) is 80.2 Å². The molecule has 0 aliphatic carbocycles. The zero-order chi connectivity index (χ0) is 19.6. The Hall–Kier alpha value is -3.28. The van der Waals surface area contributed by atoms with E-state index in [9.17, 15) is 9.90 Å². The van der Waals surface area contributed by atoms with E-state index in [1.165, 1.54) is 13.3 Å². The maximum atomic E-state index is 12.8. The van der Waals surface area contributed by atoms with E-state index in [2.05, 4.69) is 10.3 Å². The van der Waals surface area contributed by atoms with E-state index >= 15 is 0 Å². The van der Waals surface area contributed by atoms with Crippen LogP contribution in [0.3, 0.4) is 0 Å². The number of carbonyl (C=O) groups excluding carboxylic acids is 1. The number of hydrogen-bond acceptors (Lipinski definition) is 5. The van der Waals surface area contributed by atoms with Crippen molar-refractivity contribution in [1.29, 1.82) is 0 Å². The number of nitrogens with one attached hydrogen (secondary N) is 1. The Kier molecular flexibility index (Phi) is 7.43. The first kappa shape index (κ1) is 20.0. The molecule has 6 nitrogen and oxygen atoms in total. The van der Waals surface area contributed by atoms with E-state index in [1.807, 2.05) is 25.1 Å². The molecule has 0 heterocycles. The van der Waals surface area contributed by atoms with Crippen LogP contribution in [-0.4, -0.2) is 31.4 Å². The predicted octanol–water partition coefficient (Wildman–Crippen LogP) is 4.66. The smallest absolute Gasteiger partial charge is 0.260 e. The van der Waals surface area contributed by atoms with Crippen molar-refractivity contribution in [2.45, 2.75) is 19.8 Å². The molecule has 2 N–H and O–H groups in total. The van der Waals surface area contributed by atoms with Crippen LogP contribution in [0, 0.1) is 0 Å². The maximum absolute atomic E-state index is 12.8. The molecule has 6 heteroatoms. The average Bonchev–Trinajstić information content (AvgIpc) is 2.69. The van der Waals surface area contributed by atoms with Crippen molar-refractivity contribution >= 4 is 23.5 Å². The third-order valence-corrected chi connectivity index (χ3v) is 3.82. The number of aliphatic hydroxyl groups excluding tert-OH is 1. The van der Waals surface area contributed by atoms with Crippen molar-refractivity contribution in [2.24, 2.45) is 4.99 Å². The number of carbonyl (C=O) groups is 1. The molecule has 0 aliphatic rings. The summed E-state index contributed by atoms with van der Waals surface area (Å²) in [6.45, 7) is 1.92. The summed E-state index contributed by atoms with van der Waals surface area (Å²) in [4.78, 5) is 17.1. The number of methoxy groups -OCH3 is 2. The predicted molar refractivity (Wildman–Crippen MR) is 107 cm³/mol. The summed E-state index contributed by atoms with van der Waals surface area (Å²) in [6.07, 6.45) is 2.42. The Bertz CT molecular complexity index is 844. The molecule has 0 spiro atoms. The first-order chi connectivity index (χ1) is 13.1. The SMILES string of the molecule is CCCC(O)=C(C=Nc1ccccc1OC)C(=O)Nc1ccccc1OC. The number of aliphatic imine (C=N–C) groups is 1. The molecule has 27 heavy (non-hydrogen) atoms. The lowest BCUT2D eigenvalue weighted by Gasteiger charge is -2.11. The minimum atomic E-state index is -0.468. The van der Waals surface area contributed by atoms with Gasteiger partial charge in [-0.1, -0.05) is 31.2 Å². The Labute approximate surface area is 159 Å². The molecular formula is C21H24N2O4. The Morgan fingerprint density at radius 3 is 2.37 bits per heavy atom. The monoisotopic (exact) mass is 368 g/mol. The number of benzene rings is 2. The molecule has 2 rings (SSSR count). The number of aliphatic hydroxyl groups is 1. The third kappa shape index (κ3) is 5.34. The zero-order valence-electron chi connectivity index (χ0n) is 15.7. The zero-order valence-corrected chi connectivity index (χ0v) is 15.7. The third-order valence-electron chi connectivity index (χ3n) is 3.82. The Morgan fingerprint density at radius 1 is 1.07 bits per heavy atom. The molecule has 0 saturated heterocycles. The van der Waals surface area contributed by atoms with Gasteiger partial charge in [0, 0.05) is 12.6 Å². The van der Waals surface area contributed by atoms with Gasteiger partial charge in [-0.15, -0.1) is 0 Å². The van der Waals surface area contributed by atoms with Crippen molar-refractivity contribution in [3.05, 3.63) is 59.9 Å². The number of para-hydroxylation sites is 4. The summed E-state index contributed by atoms with van der Waals surface area (Å²) in [7, 11) is 3.08. The number of rotatable bonds is 8. The van der Waals surface area contributed by atoms with E-state index in [0.717, 1.165) is 0 Å². The molecule has 0 radical (unpaired) electrons. The second-order valence-electron chi connectivity index (χ2n) is 5.69. The highest BCUT2D eigenvalue weighted by Gasteiger charge is 2.15. The van der Waals surface area contributed by atoms with Crippen molar-refractivity contribution in [3.63, 3.8) is 0 Å². The lowest BCUT2D eigenvalue weighted by molar-refractivity contribution is -0.112. The van der Waals surface area contributed by atoms with Crippen LogP contribution in [0.4, 0.5) is 11.4 Å². The van der Waals surface area contributed by atoms with E-state index in [0.29, 0.717) is 35.7 Å².